The Morgan fingerprint density at radius 1 is 1.00 bits per heavy atom. The Bertz CT molecular complexity index is 191. The Hall–Kier alpha value is 1.80. The summed E-state index contributed by atoms with van der Waals surface area (Å²) < 4.78 is 0. The molecule has 0 saturated heterocycles. The molecule has 2 aromatic heterocycles. The van der Waals surface area contributed by atoms with Gasteiger partial charge in [0.1, 0.15) is 0 Å². The molecular weight excluding hydrogens is 186 g/mol. The lowest BCUT2D eigenvalue weighted by Crippen LogP contribution is -0.572. The van der Waals surface area contributed by atoms with Gasteiger partial charge in [-0.25, -0.2) is 0 Å². The first-order chi connectivity index (χ1) is 2.97. The van der Waals surface area contributed by atoms with Gasteiger partial charge in [0.2, 0.25) is 0 Å². The van der Waals surface area contributed by atoms with Gasteiger partial charge in [-0.2, -0.15) is 0 Å². The topological polar surface area (TPSA) is 0 Å². The lowest BCUT2D eigenvalue weighted by molar-refractivity contribution is 5.49. The summed E-state index contributed by atoms with van der Waals surface area (Å²) in [7, 11) is 6.01. The molecule has 2 heterocycles. The highest BCUT2D eigenvalue weighted by atomic mass is 33.0. The van der Waals surface area contributed by atoms with Crippen molar-refractivity contribution in [3.05, 3.63) is 0 Å². The number of hydrogen-bond donors (Lipinski definition) is 0. The maximum Gasteiger partial charge on any atom is -0.0265 e. The Morgan fingerprint density at radius 2 is 1.67 bits per heavy atom. The molecule has 0 aromatic carbocycles. The molecule has 4 unspecified atom stereocenters. The van der Waals surface area contributed by atoms with Crippen LogP contribution in [-0.4, -0.2) is 0 Å². The van der Waals surface area contributed by atoms with Gasteiger partial charge >= 0.3 is 0 Å². The first-order valence-electron chi connectivity index (χ1n) is 1.59. The van der Waals surface area contributed by atoms with Crippen molar-refractivity contribution < 1.29 is 0 Å². The average Bonchev–Trinajstić information content (AvgIpc) is 2.17. The Kier molecular flexibility index (Phi) is 1.28. The third kappa shape index (κ3) is 0.702. The lowest BCUT2D eigenvalue weighted by Gasteiger charge is -1.51. The highest BCUT2D eigenvalue weighted by Crippen LogP contribution is 2.85. The van der Waals surface area contributed by atoms with Crippen molar-refractivity contribution in [2.75, 3.05) is 0 Å². The monoisotopic (exact) mass is 190 g/mol. The van der Waals surface area contributed by atoms with E-state index in [1.165, 1.54) is 22.6 Å². The van der Waals surface area contributed by atoms with Gasteiger partial charge < -0.3 is 0 Å². The van der Waals surface area contributed by atoms with Crippen LogP contribution < -0.4 is 0 Å². The van der Waals surface area contributed by atoms with Crippen LogP contribution in [0, 0.1) is 0 Å². The van der Waals surface area contributed by atoms with Gasteiger partial charge in [-0.05, 0) is 12.7 Å². The van der Waals surface area contributed by atoms with Crippen molar-refractivity contribution in [3.63, 3.8) is 0 Å². The molecule has 6 heavy (non-hydrogen) atoms. The van der Waals surface area contributed by atoms with Gasteiger partial charge in [-0.1, -0.05) is 30.2 Å². The summed E-state index contributed by atoms with van der Waals surface area (Å²) in [5, 5.41) is 0. The van der Waals surface area contributed by atoms with E-state index in [1.54, 1.807) is 7.55 Å². The van der Waals surface area contributed by atoms with E-state index in [2.05, 4.69) is 0 Å². The molecule has 0 radical (unpaired) electrons. The van der Waals surface area contributed by atoms with E-state index >= 15 is 0 Å². The highest BCUT2D eigenvalue weighted by Gasteiger charge is 1.94. The number of fused-ring (bicyclic) bond motifs is 1. The third-order valence-corrected chi connectivity index (χ3v) is 49.2. The molecule has 2 rings (SSSR count). The zero-order valence-electron chi connectivity index (χ0n) is 2.89. The van der Waals surface area contributed by atoms with Crippen LogP contribution >= 0.6 is 42.9 Å². The second-order valence-electron chi connectivity index (χ2n) is 1.07. The molecule has 0 spiro atoms. The summed E-state index contributed by atoms with van der Waals surface area (Å²) in [5.41, 5.74) is 0. The van der Waals surface area contributed by atoms with Crippen LogP contribution in [0.1, 0.15) is 0 Å². The quantitative estimate of drug-likeness (QED) is 0.586. The summed E-state index contributed by atoms with van der Waals surface area (Å²) >= 11 is 0. The van der Waals surface area contributed by atoms with E-state index < -0.39 is 0 Å². The predicted octanol–water partition coefficient (Wildman–Crippen LogP) is 4.10. The minimum Gasteiger partial charge on any atom is -0.0955 e. The van der Waals surface area contributed by atoms with Gasteiger partial charge in [-0.3, -0.25) is 0 Å². The van der Waals surface area contributed by atoms with Gasteiger partial charge in [0, 0.05) is 0 Å². The minimum absolute atomic E-state index is 0.847. The summed E-state index contributed by atoms with van der Waals surface area (Å²) in [4.78, 5) is 0. The lowest BCUT2D eigenvalue weighted by atomic mass is 29.5. The standard InChI is InChI=1S/H4P6/c1-2-5-4-6(5)3-1/h1-4H. The van der Waals surface area contributed by atoms with E-state index in [0.29, 0.717) is 0 Å². The second-order valence-corrected chi connectivity index (χ2v) is 28.9. The van der Waals surface area contributed by atoms with Crippen molar-refractivity contribution in [3.8, 4) is 0 Å². The Labute approximate surface area is 43.4 Å². The van der Waals surface area contributed by atoms with Crippen molar-refractivity contribution in [1.82, 2.24) is 0 Å². The molecule has 0 bridgehead atoms. The van der Waals surface area contributed by atoms with Crippen LogP contribution in [0.2, 0.25) is 0 Å². The average molecular weight is 190 g/mol. The highest BCUT2D eigenvalue weighted by molar-refractivity contribution is 8.91. The molecule has 2 aromatic rings. The van der Waals surface area contributed by atoms with Crippen LogP contribution in [0.4, 0.5) is 0 Å². The van der Waals surface area contributed by atoms with Crippen molar-refractivity contribution in [2.45, 2.75) is 0 Å². The molecule has 0 nitrogen and oxygen atoms in total. The molecule has 6 heteroatoms. The van der Waals surface area contributed by atoms with Crippen LogP contribution in [0.3, 0.4) is 0 Å². The predicted molar refractivity (Wildman–Crippen MR) is 47.1 cm³/mol. The molecule has 0 fully saturated rings. The van der Waals surface area contributed by atoms with E-state index in [-0.39, 0.29) is 0 Å². The number of hydrogen-bond acceptors (Lipinski definition) is 0. The maximum atomic E-state index is 1.55. The van der Waals surface area contributed by atoms with Gasteiger partial charge in [0.25, 0.3) is 0 Å². The van der Waals surface area contributed by atoms with E-state index in [1.807, 2.05) is 0 Å². The van der Waals surface area contributed by atoms with Crippen LogP contribution in [0.25, 0.3) is 0 Å². The first-order valence-corrected chi connectivity index (χ1v) is 14.3. The molecule has 0 aliphatic carbocycles. The van der Waals surface area contributed by atoms with E-state index in [0.717, 1.165) is 12.7 Å². The summed E-state index contributed by atoms with van der Waals surface area (Å²) in [6.07, 6.45) is 1.69. The van der Waals surface area contributed by atoms with Gasteiger partial charge in [-0.15, -0.1) is 0 Å². The summed E-state index contributed by atoms with van der Waals surface area (Å²) in [5.74, 6) is 0. The first kappa shape index (κ1) is 4.66. The van der Waals surface area contributed by atoms with Crippen LogP contribution in [0.15, 0.2) is 0 Å². The third-order valence-electron chi connectivity index (χ3n) is 0.674. The largest absolute Gasteiger partial charge is 0.0955 e. The normalized spacial score (nSPS) is 22.7. The molecule has 0 aliphatic heterocycles. The van der Waals surface area contributed by atoms with Crippen LogP contribution in [0.5, 0.6) is 0 Å². The SMILES string of the molecule is [pH]1[pH]p2[pH]p2[pH]1. The molecule has 34 valence electrons. The van der Waals surface area contributed by atoms with Crippen molar-refractivity contribution in [1.29, 1.82) is 0 Å². The molecule has 0 N–H and O–H groups in total. The fourth-order valence-corrected chi connectivity index (χ4v) is 85.2. The zero-order chi connectivity index (χ0) is 3.98. The smallest absolute Gasteiger partial charge is 0.0265 e. The Balaban J connectivity index is 3.14. The molecule has 4 atom stereocenters. The second kappa shape index (κ2) is 1.64. The fourth-order valence-electron chi connectivity index (χ4n) is 0.351. The van der Waals surface area contributed by atoms with Crippen molar-refractivity contribution >= 4 is 42.9 Å². The summed E-state index contributed by atoms with van der Waals surface area (Å²) in [6, 6.07) is 0. The van der Waals surface area contributed by atoms with Crippen molar-refractivity contribution in [2.24, 2.45) is 0 Å². The number of rotatable bonds is 0. The fraction of sp³-hybridized carbons (Fsp3) is 0. The Morgan fingerprint density at radius 3 is 1.83 bits per heavy atom. The maximum absolute atomic E-state index is 1.55. The van der Waals surface area contributed by atoms with Gasteiger partial charge in [0.15, 0.2) is 0 Å². The molecule has 0 amide bonds. The molecule has 0 aliphatic rings. The zero-order valence-corrected chi connectivity index (χ0v) is 8.68. The van der Waals surface area contributed by atoms with E-state index in [9.17, 15) is 0 Å². The molecular formula is H4P6. The van der Waals surface area contributed by atoms with Crippen LogP contribution in [-0.2, 0) is 0 Å². The van der Waals surface area contributed by atoms with Gasteiger partial charge in [0.05, 0.1) is 0 Å². The molecule has 0 saturated carbocycles. The minimum atomic E-state index is 0.847. The van der Waals surface area contributed by atoms with E-state index in [4.69, 9.17) is 0 Å². The summed E-state index contributed by atoms with van der Waals surface area (Å²) in [6.45, 7) is 0.